The van der Waals surface area contributed by atoms with E-state index in [4.69, 9.17) is 0 Å². The van der Waals surface area contributed by atoms with Crippen LogP contribution >= 0.6 is 0 Å². The van der Waals surface area contributed by atoms with Gasteiger partial charge in [0.25, 0.3) is 0 Å². The van der Waals surface area contributed by atoms with Gasteiger partial charge in [0.2, 0.25) is 0 Å². The number of allylic oxidation sites excluding steroid dienone is 2. The fourth-order valence-electron chi connectivity index (χ4n) is 4.60. The van der Waals surface area contributed by atoms with Gasteiger partial charge in [-0.2, -0.15) is 13.2 Å². The van der Waals surface area contributed by atoms with Crippen molar-refractivity contribution in [1.82, 2.24) is 4.90 Å². The second kappa shape index (κ2) is 11.5. The Kier molecular flexibility index (Phi) is 8.14. The van der Waals surface area contributed by atoms with Crippen molar-refractivity contribution < 1.29 is 18.0 Å². The van der Waals surface area contributed by atoms with Crippen LogP contribution in [0.3, 0.4) is 0 Å². The Morgan fingerprint density at radius 2 is 1.53 bits per heavy atom. The average Bonchev–Trinajstić information content (AvgIpc) is 2.90. The molecule has 6 heteroatoms. The largest absolute Gasteiger partial charge is 0.416 e. The summed E-state index contributed by atoms with van der Waals surface area (Å²) in [7, 11) is 0. The van der Waals surface area contributed by atoms with Crippen LogP contribution in [0.5, 0.6) is 0 Å². The fourth-order valence-corrected chi connectivity index (χ4v) is 4.60. The van der Waals surface area contributed by atoms with Gasteiger partial charge in [-0.15, -0.1) is 0 Å². The monoisotopic (exact) mass is 492 g/mol. The summed E-state index contributed by atoms with van der Waals surface area (Å²) >= 11 is 0. The third-order valence-electron chi connectivity index (χ3n) is 6.81. The summed E-state index contributed by atoms with van der Waals surface area (Å²) in [6, 6.07) is 23.3. The van der Waals surface area contributed by atoms with Crippen LogP contribution in [0, 0.1) is 5.92 Å². The SMILES string of the molecule is CC/C(=C\CC1CCN(C(=O)Nc2ccc(C(F)(F)F)cc2)CC1)c1ccc(-c2ccccc2)cc1. The van der Waals surface area contributed by atoms with E-state index in [-0.39, 0.29) is 6.03 Å². The number of nitrogens with one attached hydrogen (secondary N) is 1. The zero-order valence-corrected chi connectivity index (χ0v) is 20.4. The van der Waals surface area contributed by atoms with Gasteiger partial charge in [-0.1, -0.05) is 67.6 Å². The van der Waals surface area contributed by atoms with Crippen LogP contribution < -0.4 is 5.32 Å². The number of likely N-dealkylation sites (tertiary alicyclic amines) is 1. The molecule has 0 aromatic heterocycles. The lowest BCUT2D eigenvalue weighted by atomic mass is 9.91. The van der Waals surface area contributed by atoms with Crippen molar-refractivity contribution in [2.75, 3.05) is 18.4 Å². The van der Waals surface area contributed by atoms with E-state index in [1.165, 1.54) is 34.4 Å². The first-order chi connectivity index (χ1) is 17.3. The molecule has 0 spiro atoms. The summed E-state index contributed by atoms with van der Waals surface area (Å²) in [5.41, 5.74) is 4.62. The fraction of sp³-hybridized carbons (Fsp3) is 0.300. The highest BCUT2D eigenvalue weighted by molar-refractivity contribution is 5.89. The average molecular weight is 493 g/mol. The molecule has 0 unspecified atom stereocenters. The number of alkyl halides is 3. The van der Waals surface area contributed by atoms with E-state index in [1.54, 1.807) is 4.90 Å². The summed E-state index contributed by atoms with van der Waals surface area (Å²) in [6.45, 7) is 3.45. The van der Waals surface area contributed by atoms with Gasteiger partial charge in [-0.25, -0.2) is 4.79 Å². The maximum absolute atomic E-state index is 12.7. The Balaban J connectivity index is 1.28. The second-order valence-electron chi connectivity index (χ2n) is 9.20. The molecule has 2 amide bonds. The molecule has 1 fully saturated rings. The Morgan fingerprint density at radius 3 is 2.11 bits per heavy atom. The predicted octanol–water partition coefficient (Wildman–Crippen LogP) is 8.50. The van der Waals surface area contributed by atoms with Gasteiger partial charge >= 0.3 is 12.2 Å². The van der Waals surface area contributed by atoms with E-state index in [0.29, 0.717) is 24.7 Å². The number of benzene rings is 3. The number of carbonyl (C=O) groups is 1. The summed E-state index contributed by atoms with van der Waals surface area (Å²) in [6.07, 6.45) is 1.68. The van der Waals surface area contributed by atoms with Gasteiger partial charge in [-0.3, -0.25) is 0 Å². The first kappa shape index (κ1) is 25.5. The van der Waals surface area contributed by atoms with Crippen LogP contribution in [0.15, 0.2) is 84.9 Å². The first-order valence-electron chi connectivity index (χ1n) is 12.4. The van der Waals surface area contributed by atoms with Crippen LogP contribution in [-0.4, -0.2) is 24.0 Å². The molecule has 3 aromatic rings. The highest BCUT2D eigenvalue weighted by atomic mass is 19.4. The Labute approximate surface area is 210 Å². The number of amides is 2. The molecule has 1 saturated heterocycles. The lowest BCUT2D eigenvalue weighted by molar-refractivity contribution is -0.137. The number of piperidine rings is 1. The van der Waals surface area contributed by atoms with Crippen molar-refractivity contribution >= 4 is 17.3 Å². The minimum absolute atomic E-state index is 0.267. The number of nitrogens with zero attached hydrogens (tertiary/aromatic N) is 1. The van der Waals surface area contributed by atoms with Gasteiger partial charge in [0, 0.05) is 18.8 Å². The van der Waals surface area contributed by atoms with Crippen LogP contribution in [0.25, 0.3) is 16.7 Å². The molecule has 0 bridgehead atoms. The summed E-state index contributed by atoms with van der Waals surface area (Å²) in [4.78, 5) is 14.3. The molecular formula is C30H31F3N2O. The molecule has 1 aliphatic rings. The lowest BCUT2D eigenvalue weighted by Gasteiger charge is -2.31. The van der Waals surface area contributed by atoms with Gasteiger partial charge in [0.05, 0.1) is 5.56 Å². The number of rotatable bonds is 6. The molecule has 0 aliphatic carbocycles. The Hall–Kier alpha value is -3.54. The number of hydrogen-bond acceptors (Lipinski definition) is 1. The highest BCUT2D eigenvalue weighted by Gasteiger charge is 2.30. The van der Waals surface area contributed by atoms with E-state index >= 15 is 0 Å². The molecule has 36 heavy (non-hydrogen) atoms. The normalized spacial score (nSPS) is 15.1. The molecule has 3 nitrogen and oxygen atoms in total. The Morgan fingerprint density at radius 1 is 0.917 bits per heavy atom. The standard InChI is InChI=1S/C30H31F3N2O/c1-2-23(25-10-12-26(13-11-25)24-6-4-3-5-7-24)9-8-22-18-20-35(21-19-22)29(36)34-28-16-14-27(15-17-28)30(31,32)33/h3-7,9-17,22H,2,8,18-21H2,1H3,(H,34,36)/b23-9+. The number of carbonyl (C=O) groups excluding carboxylic acids is 1. The van der Waals surface area contributed by atoms with Gasteiger partial charge < -0.3 is 10.2 Å². The molecule has 4 rings (SSSR count). The molecule has 1 N–H and O–H groups in total. The maximum Gasteiger partial charge on any atom is 0.416 e. The minimum Gasteiger partial charge on any atom is -0.325 e. The van der Waals surface area contributed by atoms with E-state index < -0.39 is 11.7 Å². The van der Waals surface area contributed by atoms with Crippen molar-refractivity contribution in [1.29, 1.82) is 0 Å². The molecule has 3 aromatic carbocycles. The number of anilines is 1. The maximum atomic E-state index is 12.7. The molecular weight excluding hydrogens is 461 g/mol. The van der Waals surface area contributed by atoms with E-state index in [9.17, 15) is 18.0 Å². The first-order valence-corrected chi connectivity index (χ1v) is 12.4. The molecule has 1 aliphatic heterocycles. The van der Waals surface area contributed by atoms with Crippen molar-refractivity contribution in [3.63, 3.8) is 0 Å². The smallest absolute Gasteiger partial charge is 0.325 e. The second-order valence-corrected chi connectivity index (χ2v) is 9.20. The van der Waals surface area contributed by atoms with E-state index in [0.717, 1.165) is 37.8 Å². The van der Waals surface area contributed by atoms with Gasteiger partial charge in [0.1, 0.15) is 0 Å². The minimum atomic E-state index is -4.39. The zero-order chi connectivity index (χ0) is 25.5. The molecule has 0 radical (unpaired) electrons. The lowest BCUT2D eigenvalue weighted by Crippen LogP contribution is -2.41. The Bertz CT molecular complexity index is 1160. The quantitative estimate of drug-likeness (QED) is 0.368. The summed E-state index contributed by atoms with van der Waals surface area (Å²) in [5, 5.41) is 2.71. The summed E-state index contributed by atoms with van der Waals surface area (Å²) in [5.74, 6) is 0.505. The van der Waals surface area contributed by atoms with Crippen molar-refractivity contribution in [3.8, 4) is 11.1 Å². The highest BCUT2D eigenvalue weighted by Crippen LogP contribution is 2.30. The molecule has 0 atom stereocenters. The number of urea groups is 1. The van der Waals surface area contributed by atoms with E-state index in [2.05, 4.69) is 54.7 Å². The number of halogens is 3. The van der Waals surface area contributed by atoms with Crippen molar-refractivity contribution in [3.05, 3.63) is 96.1 Å². The van der Waals surface area contributed by atoms with Crippen LogP contribution in [0.2, 0.25) is 0 Å². The van der Waals surface area contributed by atoms with Gasteiger partial charge in [-0.05, 0) is 78.1 Å². The van der Waals surface area contributed by atoms with Crippen LogP contribution in [-0.2, 0) is 6.18 Å². The zero-order valence-electron chi connectivity index (χ0n) is 20.4. The third kappa shape index (κ3) is 6.56. The number of hydrogen-bond donors (Lipinski definition) is 1. The van der Waals surface area contributed by atoms with E-state index in [1.807, 2.05) is 18.2 Å². The predicted molar refractivity (Wildman–Crippen MR) is 140 cm³/mol. The van der Waals surface area contributed by atoms with Gasteiger partial charge in [0.15, 0.2) is 0 Å². The van der Waals surface area contributed by atoms with Crippen LogP contribution in [0.1, 0.15) is 43.7 Å². The topological polar surface area (TPSA) is 32.3 Å². The van der Waals surface area contributed by atoms with Crippen molar-refractivity contribution in [2.24, 2.45) is 5.92 Å². The van der Waals surface area contributed by atoms with Crippen molar-refractivity contribution in [2.45, 2.75) is 38.8 Å². The third-order valence-corrected chi connectivity index (χ3v) is 6.81. The molecule has 0 saturated carbocycles. The molecule has 188 valence electrons. The van der Waals surface area contributed by atoms with Crippen LogP contribution in [0.4, 0.5) is 23.7 Å². The summed E-state index contributed by atoms with van der Waals surface area (Å²) < 4.78 is 38.2. The molecule has 1 heterocycles.